The molecule has 0 amide bonds. The molecule has 3 heteroatoms. The van der Waals surface area contributed by atoms with Crippen molar-refractivity contribution in [3.05, 3.63) is 11.8 Å². The van der Waals surface area contributed by atoms with Crippen molar-refractivity contribution >= 4 is 5.82 Å². The Morgan fingerprint density at radius 3 is 2.31 bits per heavy atom. The summed E-state index contributed by atoms with van der Waals surface area (Å²) in [4.78, 5) is 0. The summed E-state index contributed by atoms with van der Waals surface area (Å²) < 4.78 is 1.72. The molecule has 1 heterocycles. The lowest BCUT2D eigenvalue weighted by atomic mass is 9.80. The molecule has 74 valence electrons. The predicted octanol–water partition coefficient (Wildman–Crippen LogP) is 2.15. The maximum atomic E-state index is 5.72. The quantitative estimate of drug-likeness (QED) is 0.721. The maximum absolute atomic E-state index is 5.72. The third-order valence-corrected chi connectivity index (χ3v) is 2.68. The standard InChI is InChI=1S/C10H19N3/c1-7(10(2,3)4)8-6-9(11)13(5)12-8/h6-7H,11H2,1-5H3. The minimum absolute atomic E-state index is 0.237. The average molecular weight is 181 g/mol. The molecule has 2 N–H and O–H groups in total. The average Bonchev–Trinajstić information content (AvgIpc) is 2.29. The Kier molecular flexibility index (Phi) is 2.37. The summed E-state index contributed by atoms with van der Waals surface area (Å²) >= 11 is 0. The van der Waals surface area contributed by atoms with Crippen LogP contribution in [-0.4, -0.2) is 9.78 Å². The molecule has 0 aliphatic rings. The van der Waals surface area contributed by atoms with E-state index in [1.165, 1.54) is 0 Å². The molecule has 1 unspecified atom stereocenters. The van der Waals surface area contributed by atoms with Gasteiger partial charge in [0.1, 0.15) is 5.82 Å². The molecule has 1 rings (SSSR count). The second-order valence-electron chi connectivity index (χ2n) is 4.71. The Morgan fingerprint density at radius 2 is 2.00 bits per heavy atom. The first-order valence-corrected chi connectivity index (χ1v) is 4.62. The summed E-state index contributed by atoms with van der Waals surface area (Å²) in [6.45, 7) is 8.81. The number of nitrogens with zero attached hydrogens (tertiary/aromatic N) is 2. The summed E-state index contributed by atoms with van der Waals surface area (Å²) in [6.07, 6.45) is 0. The fourth-order valence-corrected chi connectivity index (χ4v) is 1.16. The van der Waals surface area contributed by atoms with Crippen LogP contribution in [0, 0.1) is 5.41 Å². The largest absolute Gasteiger partial charge is 0.384 e. The highest BCUT2D eigenvalue weighted by Crippen LogP contribution is 2.33. The lowest BCUT2D eigenvalue weighted by Gasteiger charge is -2.25. The van der Waals surface area contributed by atoms with Crippen LogP contribution in [0.2, 0.25) is 0 Å². The van der Waals surface area contributed by atoms with Crippen LogP contribution in [-0.2, 0) is 7.05 Å². The highest BCUT2D eigenvalue weighted by Gasteiger charge is 2.24. The van der Waals surface area contributed by atoms with Crippen molar-refractivity contribution in [3.63, 3.8) is 0 Å². The molecule has 1 atom stereocenters. The lowest BCUT2D eigenvalue weighted by Crippen LogP contribution is -2.15. The first-order valence-electron chi connectivity index (χ1n) is 4.62. The van der Waals surface area contributed by atoms with Crippen LogP contribution >= 0.6 is 0 Å². The molecule has 0 fully saturated rings. The van der Waals surface area contributed by atoms with Crippen molar-refractivity contribution in [1.29, 1.82) is 0 Å². The molecule has 0 radical (unpaired) electrons. The molecule has 0 spiro atoms. The van der Waals surface area contributed by atoms with Gasteiger partial charge in [0.2, 0.25) is 0 Å². The van der Waals surface area contributed by atoms with Crippen LogP contribution in [0.25, 0.3) is 0 Å². The molecule has 13 heavy (non-hydrogen) atoms. The van der Waals surface area contributed by atoms with E-state index >= 15 is 0 Å². The zero-order valence-electron chi connectivity index (χ0n) is 9.13. The zero-order chi connectivity index (χ0) is 10.2. The van der Waals surface area contributed by atoms with E-state index in [9.17, 15) is 0 Å². The topological polar surface area (TPSA) is 43.8 Å². The molecule has 0 saturated carbocycles. The highest BCUT2D eigenvalue weighted by atomic mass is 15.3. The van der Waals surface area contributed by atoms with Crippen LogP contribution in [0.5, 0.6) is 0 Å². The van der Waals surface area contributed by atoms with Crippen LogP contribution in [0.1, 0.15) is 39.3 Å². The molecule has 0 bridgehead atoms. The number of hydrogen-bond donors (Lipinski definition) is 1. The summed E-state index contributed by atoms with van der Waals surface area (Å²) in [5.41, 5.74) is 7.04. The first-order chi connectivity index (χ1) is 5.82. The van der Waals surface area contributed by atoms with Gasteiger partial charge in [0.15, 0.2) is 0 Å². The van der Waals surface area contributed by atoms with Gasteiger partial charge in [-0.2, -0.15) is 5.10 Å². The third kappa shape index (κ3) is 2.02. The van der Waals surface area contributed by atoms with E-state index in [2.05, 4.69) is 32.8 Å². The molecule has 0 aromatic carbocycles. The molecular formula is C10H19N3. The summed E-state index contributed by atoms with van der Waals surface area (Å²) in [5.74, 6) is 1.15. The number of aryl methyl sites for hydroxylation is 1. The van der Waals surface area contributed by atoms with Crippen LogP contribution in [0.15, 0.2) is 6.07 Å². The van der Waals surface area contributed by atoms with Crippen molar-refractivity contribution in [2.75, 3.05) is 5.73 Å². The molecule has 1 aromatic rings. The second kappa shape index (κ2) is 3.05. The van der Waals surface area contributed by atoms with E-state index in [1.807, 2.05) is 13.1 Å². The fourth-order valence-electron chi connectivity index (χ4n) is 1.16. The van der Waals surface area contributed by atoms with Gasteiger partial charge in [-0.05, 0) is 5.41 Å². The van der Waals surface area contributed by atoms with Crippen molar-refractivity contribution in [3.8, 4) is 0 Å². The molecule has 1 aromatic heterocycles. The first kappa shape index (κ1) is 10.1. The minimum atomic E-state index is 0.237. The van der Waals surface area contributed by atoms with E-state index < -0.39 is 0 Å². The number of rotatable bonds is 1. The molecule has 0 aliphatic heterocycles. The normalized spacial score (nSPS) is 14.5. The van der Waals surface area contributed by atoms with Gasteiger partial charge in [0.05, 0.1) is 5.69 Å². The van der Waals surface area contributed by atoms with Crippen molar-refractivity contribution in [2.45, 2.75) is 33.6 Å². The number of nitrogens with two attached hydrogens (primary N) is 1. The Morgan fingerprint density at radius 1 is 1.46 bits per heavy atom. The highest BCUT2D eigenvalue weighted by molar-refractivity contribution is 5.32. The Bertz CT molecular complexity index is 274. The van der Waals surface area contributed by atoms with E-state index in [1.54, 1.807) is 4.68 Å². The molecular weight excluding hydrogens is 162 g/mol. The second-order valence-corrected chi connectivity index (χ2v) is 4.71. The maximum Gasteiger partial charge on any atom is 0.121 e. The van der Waals surface area contributed by atoms with Gasteiger partial charge in [0, 0.05) is 19.0 Å². The summed E-state index contributed by atoms with van der Waals surface area (Å²) in [7, 11) is 1.87. The van der Waals surface area contributed by atoms with Gasteiger partial charge >= 0.3 is 0 Å². The van der Waals surface area contributed by atoms with Gasteiger partial charge in [-0.15, -0.1) is 0 Å². The number of aromatic nitrogens is 2. The Labute approximate surface area is 79.9 Å². The molecule has 0 saturated heterocycles. The lowest BCUT2D eigenvalue weighted by molar-refractivity contribution is 0.332. The van der Waals surface area contributed by atoms with Crippen LogP contribution in [0.3, 0.4) is 0 Å². The molecule has 0 aliphatic carbocycles. The van der Waals surface area contributed by atoms with E-state index in [4.69, 9.17) is 5.73 Å². The summed E-state index contributed by atoms with van der Waals surface area (Å²) in [6, 6.07) is 1.95. The van der Waals surface area contributed by atoms with Gasteiger partial charge < -0.3 is 5.73 Å². The van der Waals surface area contributed by atoms with Crippen molar-refractivity contribution in [2.24, 2.45) is 12.5 Å². The fraction of sp³-hybridized carbons (Fsp3) is 0.700. The van der Waals surface area contributed by atoms with Crippen LogP contribution < -0.4 is 5.73 Å². The molecule has 3 nitrogen and oxygen atoms in total. The Balaban J connectivity index is 2.96. The summed E-state index contributed by atoms with van der Waals surface area (Å²) in [5, 5.41) is 4.37. The number of anilines is 1. The van der Waals surface area contributed by atoms with Gasteiger partial charge in [0.25, 0.3) is 0 Å². The van der Waals surface area contributed by atoms with Crippen LogP contribution in [0.4, 0.5) is 5.82 Å². The minimum Gasteiger partial charge on any atom is -0.384 e. The van der Waals surface area contributed by atoms with Gasteiger partial charge in [-0.25, -0.2) is 0 Å². The Hall–Kier alpha value is -0.990. The van der Waals surface area contributed by atoms with E-state index in [-0.39, 0.29) is 5.41 Å². The third-order valence-electron chi connectivity index (χ3n) is 2.68. The van der Waals surface area contributed by atoms with Gasteiger partial charge in [-0.3, -0.25) is 4.68 Å². The van der Waals surface area contributed by atoms with Crippen molar-refractivity contribution < 1.29 is 0 Å². The predicted molar refractivity (Wildman–Crippen MR) is 55.5 cm³/mol. The monoisotopic (exact) mass is 181 g/mol. The SMILES string of the molecule is CC(c1cc(N)n(C)n1)C(C)(C)C. The van der Waals surface area contributed by atoms with Gasteiger partial charge in [-0.1, -0.05) is 27.7 Å². The smallest absolute Gasteiger partial charge is 0.121 e. The number of nitrogen functional groups attached to an aromatic ring is 1. The zero-order valence-corrected chi connectivity index (χ0v) is 9.13. The number of hydrogen-bond acceptors (Lipinski definition) is 2. The van der Waals surface area contributed by atoms with E-state index in [0.29, 0.717) is 5.92 Å². The van der Waals surface area contributed by atoms with Crippen molar-refractivity contribution in [1.82, 2.24) is 9.78 Å². The van der Waals surface area contributed by atoms with E-state index in [0.717, 1.165) is 11.5 Å².